The van der Waals surface area contributed by atoms with Crippen LogP contribution in [0, 0.1) is 5.92 Å². The molecule has 2 aliphatic rings. The third-order valence-electron chi connectivity index (χ3n) is 4.74. The Labute approximate surface area is 113 Å². The molecule has 2 aliphatic heterocycles. The van der Waals surface area contributed by atoms with E-state index < -0.39 is 0 Å². The monoisotopic (exact) mass is 253 g/mol. The van der Waals surface area contributed by atoms with Crippen molar-refractivity contribution < 1.29 is 0 Å². The highest BCUT2D eigenvalue weighted by Crippen LogP contribution is 2.17. The lowest BCUT2D eigenvalue weighted by atomic mass is 9.94. The molecule has 2 rings (SSSR count). The van der Waals surface area contributed by atoms with E-state index in [1.54, 1.807) is 0 Å². The number of likely N-dealkylation sites (N-methyl/N-ethyl adjacent to an activating group) is 1. The first-order valence-corrected chi connectivity index (χ1v) is 7.96. The zero-order valence-corrected chi connectivity index (χ0v) is 12.3. The molecule has 1 N–H and O–H groups in total. The van der Waals surface area contributed by atoms with E-state index in [-0.39, 0.29) is 0 Å². The van der Waals surface area contributed by atoms with Crippen molar-refractivity contribution in [3.05, 3.63) is 0 Å². The molecule has 18 heavy (non-hydrogen) atoms. The van der Waals surface area contributed by atoms with E-state index in [0.29, 0.717) is 0 Å². The lowest BCUT2D eigenvalue weighted by Crippen LogP contribution is -2.51. The van der Waals surface area contributed by atoms with Crippen LogP contribution >= 0.6 is 0 Å². The molecule has 2 atom stereocenters. The molecule has 0 spiro atoms. The predicted molar refractivity (Wildman–Crippen MR) is 78.0 cm³/mol. The van der Waals surface area contributed by atoms with Crippen molar-refractivity contribution in [3.63, 3.8) is 0 Å². The van der Waals surface area contributed by atoms with Crippen LogP contribution in [0.3, 0.4) is 0 Å². The third kappa shape index (κ3) is 4.22. The Bertz CT molecular complexity index is 226. The Morgan fingerprint density at radius 2 is 2.17 bits per heavy atom. The molecule has 0 aromatic rings. The summed E-state index contributed by atoms with van der Waals surface area (Å²) >= 11 is 0. The smallest absolute Gasteiger partial charge is 0.0195 e. The van der Waals surface area contributed by atoms with Crippen LogP contribution < -0.4 is 5.32 Å². The molecule has 2 fully saturated rings. The van der Waals surface area contributed by atoms with E-state index in [2.05, 4.69) is 29.0 Å². The average molecular weight is 253 g/mol. The van der Waals surface area contributed by atoms with Gasteiger partial charge in [-0.1, -0.05) is 6.92 Å². The van der Waals surface area contributed by atoms with Crippen LogP contribution in [0.15, 0.2) is 0 Å². The summed E-state index contributed by atoms with van der Waals surface area (Å²) in [5.74, 6) is 0.952. The van der Waals surface area contributed by atoms with Crippen molar-refractivity contribution in [2.45, 2.75) is 45.6 Å². The van der Waals surface area contributed by atoms with Gasteiger partial charge in [-0.25, -0.2) is 0 Å². The van der Waals surface area contributed by atoms with Crippen LogP contribution in [0.4, 0.5) is 0 Å². The van der Waals surface area contributed by atoms with Crippen LogP contribution in [-0.4, -0.2) is 61.7 Å². The Balaban J connectivity index is 1.59. The van der Waals surface area contributed by atoms with Gasteiger partial charge in [-0.15, -0.1) is 0 Å². The molecule has 3 heteroatoms. The maximum absolute atomic E-state index is 3.52. The standard InChI is InChI=1S/C15H31N3/c1-3-18-11-10-17(13-14(18)2)9-5-7-15-6-4-8-16-12-15/h14-16H,3-13H2,1-2H3. The summed E-state index contributed by atoms with van der Waals surface area (Å²) in [5.41, 5.74) is 0. The van der Waals surface area contributed by atoms with Gasteiger partial charge in [0, 0.05) is 25.7 Å². The third-order valence-corrected chi connectivity index (χ3v) is 4.74. The normalized spacial score (nSPS) is 31.7. The van der Waals surface area contributed by atoms with E-state index in [1.807, 2.05) is 0 Å². The average Bonchev–Trinajstić information content (AvgIpc) is 2.40. The molecule has 2 heterocycles. The van der Waals surface area contributed by atoms with E-state index in [1.165, 1.54) is 71.5 Å². The lowest BCUT2D eigenvalue weighted by Gasteiger charge is -2.39. The van der Waals surface area contributed by atoms with Crippen molar-refractivity contribution in [3.8, 4) is 0 Å². The number of nitrogens with zero attached hydrogens (tertiary/aromatic N) is 2. The second-order valence-corrected chi connectivity index (χ2v) is 6.13. The van der Waals surface area contributed by atoms with Crippen molar-refractivity contribution in [1.82, 2.24) is 15.1 Å². The number of hydrogen-bond donors (Lipinski definition) is 1. The lowest BCUT2D eigenvalue weighted by molar-refractivity contribution is 0.0858. The minimum atomic E-state index is 0.750. The van der Waals surface area contributed by atoms with Gasteiger partial charge < -0.3 is 10.2 Å². The molecular weight excluding hydrogens is 222 g/mol. The summed E-state index contributed by atoms with van der Waals surface area (Å²) in [4.78, 5) is 5.27. The van der Waals surface area contributed by atoms with E-state index in [4.69, 9.17) is 0 Å². The van der Waals surface area contributed by atoms with Crippen LogP contribution in [0.2, 0.25) is 0 Å². The van der Waals surface area contributed by atoms with E-state index in [0.717, 1.165) is 12.0 Å². The molecule has 0 bridgehead atoms. The second kappa shape index (κ2) is 7.46. The van der Waals surface area contributed by atoms with Gasteiger partial charge in [0.2, 0.25) is 0 Å². The Morgan fingerprint density at radius 3 is 2.83 bits per heavy atom. The van der Waals surface area contributed by atoms with Gasteiger partial charge in [0.25, 0.3) is 0 Å². The second-order valence-electron chi connectivity index (χ2n) is 6.13. The molecule has 0 aromatic heterocycles. The summed E-state index contributed by atoms with van der Waals surface area (Å²) in [7, 11) is 0. The molecule has 2 saturated heterocycles. The number of hydrogen-bond acceptors (Lipinski definition) is 3. The van der Waals surface area contributed by atoms with Crippen LogP contribution in [0.5, 0.6) is 0 Å². The number of piperidine rings is 1. The maximum atomic E-state index is 3.52. The van der Waals surface area contributed by atoms with Gasteiger partial charge in [-0.05, 0) is 64.7 Å². The zero-order chi connectivity index (χ0) is 12.8. The zero-order valence-electron chi connectivity index (χ0n) is 12.3. The topological polar surface area (TPSA) is 18.5 Å². The maximum Gasteiger partial charge on any atom is 0.0195 e. The molecule has 0 aliphatic carbocycles. The summed E-state index contributed by atoms with van der Waals surface area (Å²) < 4.78 is 0. The SMILES string of the molecule is CCN1CCN(CCCC2CCCNC2)CC1C. The Kier molecular flexibility index (Phi) is 5.93. The Hall–Kier alpha value is -0.120. The summed E-state index contributed by atoms with van der Waals surface area (Å²) in [5, 5.41) is 3.52. The minimum Gasteiger partial charge on any atom is -0.316 e. The molecule has 2 unspecified atom stereocenters. The van der Waals surface area contributed by atoms with Crippen molar-refractivity contribution in [2.75, 3.05) is 45.8 Å². The Morgan fingerprint density at radius 1 is 1.28 bits per heavy atom. The number of rotatable bonds is 5. The molecule has 3 nitrogen and oxygen atoms in total. The van der Waals surface area contributed by atoms with Crippen molar-refractivity contribution in [1.29, 1.82) is 0 Å². The molecular formula is C15H31N3. The first-order valence-electron chi connectivity index (χ1n) is 7.96. The summed E-state index contributed by atoms with van der Waals surface area (Å²) in [6.45, 7) is 13.5. The van der Waals surface area contributed by atoms with Gasteiger partial charge >= 0.3 is 0 Å². The van der Waals surface area contributed by atoms with Gasteiger partial charge in [-0.3, -0.25) is 4.90 Å². The largest absolute Gasteiger partial charge is 0.316 e. The van der Waals surface area contributed by atoms with Gasteiger partial charge in [0.1, 0.15) is 0 Å². The first-order chi connectivity index (χ1) is 8.79. The molecule has 0 radical (unpaired) electrons. The molecule has 106 valence electrons. The van der Waals surface area contributed by atoms with Crippen LogP contribution in [0.1, 0.15) is 39.5 Å². The highest BCUT2D eigenvalue weighted by molar-refractivity contribution is 4.78. The van der Waals surface area contributed by atoms with Crippen LogP contribution in [-0.2, 0) is 0 Å². The fourth-order valence-electron chi connectivity index (χ4n) is 3.52. The van der Waals surface area contributed by atoms with Crippen molar-refractivity contribution in [2.24, 2.45) is 5.92 Å². The summed E-state index contributed by atoms with van der Waals surface area (Å²) in [6, 6.07) is 0.750. The number of nitrogens with one attached hydrogen (secondary N) is 1. The van der Waals surface area contributed by atoms with E-state index >= 15 is 0 Å². The first kappa shape index (κ1) is 14.3. The van der Waals surface area contributed by atoms with Crippen molar-refractivity contribution >= 4 is 0 Å². The quantitative estimate of drug-likeness (QED) is 0.806. The highest BCUT2D eigenvalue weighted by atomic mass is 15.3. The molecule has 0 aromatic carbocycles. The number of piperazine rings is 1. The fraction of sp³-hybridized carbons (Fsp3) is 1.00. The van der Waals surface area contributed by atoms with Gasteiger partial charge in [0.15, 0.2) is 0 Å². The minimum absolute atomic E-state index is 0.750. The van der Waals surface area contributed by atoms with E-state index in [9.17, 15) is 0 Å². The molecule has 0 amide bonds. The highest BCUT2D eigenvalue weighted by Gasteiger charge is 2.22. The van der Waals surface area contributed by atoms with Gasteiger partial charge in [0.05, 0.1) is 0 Å². The molecule has 0 saturated carbocycles. The summed E-state index contributed by atoms with van der Waals surface area (Å²) in [6.07, 6.45) is 5.66. The predicted octanol–water partition coefficient (Wildman–Crippen LogP) is 1.79. The fourth-order valence-corrected chi connectivity index (χ4v) is 3.52. The van der Waals surface area contributed by atoms with Crippen LogP contribution in [0.25, 0.3) is 0 Å². The van der Waals surface area contributed by atoms with Gasteiger partial charge in [-0.2, -0.15) is 0 Å².